The van der Waals surface area contributed by atoms with Crippen molar-refractivity contribution < 1.29 is 9.18 Å². The second kappa shape index (κ2) is 9.28. The van der Waals surface area contributed by atoms with Crippen LogP contribution < -0.4 is 5.32 Å². The largest absolute Gasteiger partial charge is 0.302 e. The van der Waals surface area contributed by atoms with Gasteiger partial charge in [0.15, 0.2) is 5.13 Å². The number of aromatic nitrogens is 3. The normalized spacial score (nSPS) is 15.4. The van der Waals surface area contributed by atoms with Gasteiger partial charge in [-0.1, -0.05) is 6.92 Å². The summed E-state index contributed by atoms with van der Waals surface area (Å²) in [6.45, 7) is 9.17. The lowest BCUT2D eigenvalue weighted by Gasteiger charge is -2.29. The predicted molar refractivity (Wildman–Crippen MR) is 121 cm³/mol. The lowest BCUT2D eigenvalue weighted by atomic mass is 9.99. The monoisotopic (exact) mass is 441 g/mol. The topological polar surface area (TPSA) is 63.1 Å². The van der Waals surface area contributed by atoms with Gasteiger partial charge in [0, 0.05) is 23.2 Å². The summed E-state index contributed by atoms with van der Waals surface area (Å²) in [4.78, 5) is 19.7. The minimum absolute atomic E-state index is 0.113. The van der Waals surface area contributed by atoms with E-state index in [0.29, 0.717) is 5.13 Å². The summed E-state index contributed by atoms with van der Waals surface area (Å²) in [6.07, 6.45) is 2.69. The van der Waals surface area contributed by atoms with Crippen LogP contribution in [-0.2, 0) is 17.8 Å². The van der Waals surface area contributed by atoms with E-state index in [0.717, 1.165) is 53.9 Å². The molecule has 6 nitrogen and oxygen atoms in total. The fraction of sp³-hybridized carbons (Fsp3) is 0.435. The van der Waals surface area contributed by atoms with Gasteiger partial charge >= 0.3 is 0 Å². The molecule has 0 saturated carbocycles. The van der Waals surface area contributed by atoms with Crippen molar-refractivity contribution in [1.82, 2.24) is 19.7 Å². The maximum atomic E-state index is 13.2. The Morgan fingerprint density at radius 3 is 2.65 bits per heavy atom. The third-order valence-corrected chi connectivity index (χ3v) is 6.72. The van der Waals surface area contributed by atoms with Crippen molar-refractivity contribution in [2.45, 2.75) is 46.6 Å². The van der Waals surface area contributed by atoms with Crippen LogP contribution in [0.25, 0.3) is 5.69 Å². The molecule has 1 aromatic carbocycles. The van der Waals surface area contributed by atoms with Crippen molar-refractivity contribution in [2.24, 2.45) is 5.92 Å². The molecule has 1 aliphatic heterocycles. The summed E-state index contributed by atoms with van der Waals surface area (Å²) in [5, 5.41) is 10.1. The Labute approximate surface area is 186 Å². The molecule has 0 aliphatic carbocycles. The molecule has 1 fully saturated rings. The van der Waals surface area contributed by atoms with Gasteiger partial charge in [-0.25, -0.2) is 14.1 Å². The fourth-order valence-corrected chi connectivity index (χ4v) is 4.69. The standard InChI is InChI=1S/C23H28FN5OS/c1-15-8-10-28(11-9-15)13-19-14-31-23(25-19)26-22(30)12-21-16(2)27-29(17(21)3)20-6-4-18(24)5-7-20/h4-7,14-15H,8-13H2,1-3H3,(H,25,26,30). The SMILES string of the molecule is Cc1nn(-c2ccc(F)cc2)c(C)c1CC(=O)Nc1nc(CN2CCC(C)CC2)cs1. The summed E-state index contributed by atoms with van der Waals surface area (Å²) in [5.41, 5.74) is 4.31. The minimum Gasteiger partial charge on any atom is -0.302 e. The van der Waals surface area contributed by atoms with Gasteiger partial charge in [0.2, 0.25) is 5.91 Å². The Morgan fingerprint density at radius 2 is 1.94 bits per heavy atom. The van der Waals surface area contributed by atoms with Crippen LogP contribution in [0.4, 0.5) is 9.52 Å². The van der Waals surface area contributed by atoms with E-state index in [9.17, 15) is 9.18 Å². The van der Waals surface area contributed by atoms with E-state index in [4.69, 9.17) is 0 Å². The molecule has 8 heteroatoms. The number of nitrogens with one attached hydrogen (secondary N) is 1. The third-order valence-electron chi connectivity index (χ3n) is 5.91. The highest BCUT2D eigenvalue weighted by Crippen LogP contribution is 2.22. The summed E-state index contributed by atoms with van der Waals surface area (Å²) >= 11 is 1.46. The molecule has 0 atom stereocenters. The molecule has 2 aromatic heterocycles. The van der Waals surface area contributed by atoms with Gasteiger partial charge in [0.1, 0.15) is 5.82 Å². The zero-order chi connectivity index (χ0) is 22.0. The van der Waals surface area contributed by atoms with E-state index >= 15 is 0 Å². The first kappa shape index (κ1) is 21.6. The molecule has 1 N–H and O–H groups in total. The van der Waals surface area contributed by atoms with Crippen LogP contribution in [0.15, 0.2) is 29.6 Å². The number of anilines is 1. The van der Waals surface area contributed by atoms with Crippen LogP contribution in [0.2, 0.25) is 0 Å². The number of carbonyl (C=O) groups is 1. The molecule has 0 spiro atoms. The van der Waals surface area contributed by atoms with Crippen LogP contribution >= 0.6 is 11.3 Å². The van der Waals surface area contributed by atoms with Crippen molar-refractivity contribution in [2.75, 3.05) is 18.4 Å². The number of nitrogens with zero attached hydrogens (tertiary/aromatic N) is 4. The summed E-state index contributed by atoms with van der Waals surface area (Å²) < 4.78 is 15.0. The highest BCUT2D eigenvalue weighted by atomic mass is 32.1. The molecule has 0 unspecified atom stereocenters. The van der Waals surface area contributed by atoms with Crippen molar-refractivity contribution >= 4 is 22.4 Å². The Morgan fingerprint density at radius 1 is 1.23 bits per heavy atom. The molecule has 0 bridgehead atoms. The van der Waals surface area contributed by atoms with E-state index in [1.54, 1.807) is 16.8 Å². The van der Waals surface area contributed by atoms with Gasteiger partial charge < -0.3 is 5.32 Å². The molecular formula is C23H28FN5OS. The van der Waals surface area contributed by atoms with Crippen LogP contribution in [0.3, 0.4) is 0 Å². The molecule has 3 heterocycles. The molecule has 1 aliphatic rings. The molecule has 0 radical (unpaired) electrons. The van der Waals surface area contributed by atoms with Crippen LogP contribution in [-0.4, -0.2) is 38.7 Å². The highest BCUT2D eigenvalue weighted by molar-refractivity contribution is 7.13. The van der Waals surface area contributed by atoms with E-state index in [-0.39, 0.29) is 18.1 Å². The maximum absolute atomic E-state index is 13.2. The van der Waals surface area contributed by atoms with E-state index in [1.807, 2.05) is 19.2 Å². The maximum Gasteiger partial charge on any atom is 0.230 e. The van der Waals surface area contributed by atoms with Crippen molar-refractivity contribution in [1.29, 1.82) is 0 Å². The second-order valence-electron chi connectivity index (χ2n) is 8.37. The first-order valence-corrected chi connectivity index (χ1v) is 11.5. The van der Waals surface area contributed by atoms with Gasteiger partial charge in [0.25, 0.3) is 0 Å². The number of carbonyl (C=O) groups excluding carboxylic acids is 1. The smallest absolute Gasteiger partial charge is 0.230 e. The van der Waals surface area contributed by atoms with Crippen molar-refractivity contribution in [3.05, 3.63) is 58.1 Å². The Hall–Kier alpha value is -2.58. The zero-order valence-corrected chi connectivity index (χ0v) is 19.0. The first-order valence-electron chi connectivity index (χ1n) is 10.7. The van der Waals surface area contributed by atoms with Gasteiger partial charge in [0.05, 0.1) is 23.5 Å². The number of likely N-dealkylation sites (tertiary alicyclic amines) is 1. The fourth-order valence-electron chi connectivity index (χ4n) is 3.97. The first-order chi connectivity index (χ1) is 14.9. The Kier molecular flexibility index (Phi) is 6.48. The van der Waals surface area contributed by atoms with Crippen LogP contribution in [0.1, 0.15) is 42.4 Å². The Bertz CT molecular complexity index is 1050. The summed E-state index contributed by atoms with van der Waals surface area (Å²) in [7, 11) is 0. The number of aryl methyl sites for hydroxylation is 1. The Balaban J connectivity index is 1.38. The summed E-state index contributed by atoms with van der Waals surface area (Å²) in [5.74, 6) is 0.404. The van der Waals surface area contributed by atoms with Crippen LogP contribution in [0.5, 0.6) is 0 Å². The lowest BCUT2D eigenvalue weighted by molar-refractivity contribution is -0.115. The molecule has 164 valence electrons. The zero-order valence-electron chi connectivity index (χ0n) is 18.2. The average molecular weight is 442 g/mol. The van der Waals surface area contributed by atoms with Gasteiger partial charge in [-0.05, 0) is 70.0 Å². The molecule has 31 heavy (non-hydrogen) atoms. The van der Waals surface area contributed by atoms with E-state index < -0.39 is 0 Å². The average Bonchev–Trinajstić information content (AvgIpc) is 3.29. The van der Waals surface area contributed by atoms with Gasteiger partial charge in [-0.15, -0.1) is 11.3 Å². The van der Waals surface area contributed by atoms with Crippen molar-refractivity contribution in [3.8, 4) is 5.69 Å². The molecular weight excluding hydrogens is 413 g/mol. The number of piperidine rings is 1. The number of thiazole rings is 1. The lowest BCUT2D eigenvalue weighted by Crippen LogP contribution is -2.32. The molecule has 1 saturated heterocycles. The van der Waals surface area contributed by atoms with Crippen LogP contribution in [0, 0.1) is 25.6 Å². The minimum atomic E-state index is -0.289. The number of benzene rings is 1. The number of hydrogen-bond donors (Lipinski definition) is 1. The quantitative estimate of drug-likeness (QED) is 0.612. The number of halogens is 1. The highest BCUT2D eigenvalue weighted by Gasteiger charge is 2.19. The number of hydrogen-bond acceptors (Lipinski definition) is 5. The third kappa shape index (κ3) is 5.19. The van der Waals surface area contributed by atoms with Gasteiger partial charge in [-0.3, -0.25) is 9.69 Å². The molecule has 1 amide bonds. The second-order valence-corrected chi connectivity index (χ2v) is 9.22. The van der Waals surface area contributed by atoms with Crippen molar-refractivity contribution in [3.63, 3.8) is 0 Å². The summed E-state index contributed by atoms with van der Waals surface area (Å²) in [6, 6.07) is 6.17. The number of amides is 1. The molecule has 4 rings (SSSR count). The predicted octanol–water partition coefficient (Wildman–Crippen LogP) is 4.50. The number of rotatable bonds is 6. The van der Waals surface area contributed by atoms with E-state index in [1.165, 1.54) is 36.3 Å². The molecule has 3 aromatic rings. The van der Waals surface area contributed by atoms with Gasteiger partial charge in [-0.2, -0.15) is 5.10 Å². The van der Waals surface area contributed by atoms with E-state index in [2.05, 4.69) is 27.2 Å².